The van der Waals surface area contributed by atoms with Gasteiger partial charge in [0.1, 0.15) is 5.82 Å². The van der Waals surface area contributed by atoms with Gasteiger partial charge in [-0.15, -0.1) is 0 Å². The molecule has 1 aliphatic rings. The highest BCUT2D eigenvalue weighted by Crippen LogP contribution is 2.28. The molecular weight excluding hydrogens is 155 g/mol. The van der Waals surface area contributed by atoms with Gasteiger partial charge >= 0.3 is 0 Å². The second-order valence-corrected chi connectivity index (χ2v) is 2.92. The number of hydrogen-bond donors (Lipinski definition) is 2. The molecule has 0 unspecified atom stereocenters. The van der Waals surface area contributed by atoms with Crippen molar-refractivity contribution in [3.8, 4) is 0 Å². The molecule has 0 spiro atoms. The molecule has 0 bridgehead atoms. The van der Waals surface area contributed by atoms with Crippen LogP contribution in [0.15, 0.2) is 12.1 Å². The summed E-state index contributed by atoms with van der Waals surface area (Å²) in [6.07, 6.45) is 0.918. The summed E-state index contributed by atoms with van der Waals surface area (Å²) in [6.45, 7) is 0.847. The Morgan fingerprint density at radius 1 is 1.50 bits per heavy atom. The van der Waals surface area contributed by atoms with Gasteiger partial charge in [0.25, 0.3) is 0 Å². The average molecular weight is 166 g/mol. The van der Waals surface area contributed by atoms with Gasteiger partial charge in [0.05, 0.1) is 5.69 Å². The Morgan fingerprint density at radius 2 is 2.33 bits per heavy atom. The van der Waals surface area contributed by atoms with Crippen LogP contribution in [0, 0.1) is 5.82 Å². The number of nitrogens with one attached hydrogen (secondary N) is 2. The van der Waals surface area contributed by atoms with E-state index in [1.807, 2.05) is 6.07 Å². The largest absolute Gasteiger partial charge is 0.388 e. The number of benzene rings is 1. The third-order valence-electron chi connectivity index (χ3n) is 2.16. The molecule has 1 heterocycles. The van der Waals surface area contributed by atoms with E-state index in [9.17, 15) is 4.39 Å². The number of fused-ring (bicyclic) bond motifs is 1. The Kier molecular flexibility index (Phi) is 1.64. The van der Waals surface area contributed by atoms with Gasteiger partial charge in [-0.25, -0.2) is 4.39 Å². The van der Waals surface area contributed by atoms with E-state index in [4.69, 9.17) is 0 Å². The summed E-state index contributed by atoms with van der Waals surface area (Å²) in [5.74, 6) is -0.158. The molecule has 0 saturated heterocycles. The van der Waals surface area contributed by atoms with Gasteiger partial charge in [-0.05, 0) is 24.1 Å². The molecule has 2 rings (SSSR count). The van der Waals surface area contributed by atoms with Crippen LogP contribution < -0.4 is 10.6 Å². The van der Waals surface area contributed by atoms with Crippen molar-refractivity contribution in [2.45, 2.75) is 6.42 Å². The summed E-state index contributed by atoms with van der Waals surface area (Å²) in [5.41, 5.74) is 2.59. The fraction of sp³-hybridized carbons (Fsp3) is 0.333. The van der Waals surface area contributed by atoms with Crippen LogP contribution in [-0.2, 0) is 6.42 Å². The summed E-state index contributed by atoms with van der Waals surface area (Å²) in [4.78, 5) is 0. The summed E-state index contributed by atoms with van der Waals surface area (Å²) in [6, 6.07) is 3.50. The molecule has 0 saturated carbocycles. The van der Waals surface area contributed by atoms with Crippen molar-refractivity contribution in [1.29, 1.82) is 0 Å². The van der Waals surface area contributed by atoms with Crippen molar-refractivity contribution in [1.82, 2.24) is 0 Å². The summed E-state index contributed by atoms with van der Waals surface area (Å²) in [7, 11) is 1.80. The normalized spacial score (nSPS) is 13.8. The minimum absolute atomic E-state index is 0.158. The number of hydrogen-bond acceptors (Lipinski definition) is 2. The molecule has 0 radical (unpaired) electrons. The minimum atomic E-state index is -0.158. The van der Waals surface area contributed by atoms with Gasteiger partial charge in [-0.1, -0.05) is 0 Å². The zero-order valence-corrected chi connectivity index (χ0v) is 6.95. The monoisotopic (exact) mass is 166 g/mol. The Labute approximate surface area is 70.8 Å². The summed E-state index contributed by atoms with van der Waals surface area (Å²) >= 11 is 0. The van der Waals surface area contributed by atoms with Gasteiger partial charge in [0.15, 0.2) is 0 Å². The fourth-order valence-corrected chi connectivity index (χ4v) is 1.53. The zero-order valence-electron chi connectivity index (χ0n) is 6.95. The van der Waals surface area contributed by atoms with E-state index in [2.05, 4.69) is 10.6 Å². The topological polar surface area (TPSA) is 24.1 Å². The summed E-state index contributed by atoms with van der Waals surface area (Å²) < 4.78 is 13.2. The molecular formula is C9H11FN2. The van der Waals surface area contributed by atoms with E-state index in [1.54, 1.807) is 7.05 Å². The smallest absolute Gasteiger partial charge is 0.148 e. The lowest BCUT2D eigenvalue weighted by Crippen LogP contribution is -1.94. The fourth-order valence-electron chi connectivity index (χ4n) is 1.53. The first-order valence-corrected chi connectivity index (χ1v) is 4.05. The maximum atomic E-state index is 13.2. The second kappa shape index (κ2) is 2.66. The third kappa shape index (κ3) is 1.02. The second-order valence-electron chi connectivity index (χ2n) is 2.92. The van der Waals surface area contributed by atoms with Gasteiger partial charge in [0.2, 0.25) is 0 Å². The van der Waals surface area contributed by atoms with Crippen molar-refractivity contribution in [2.75, 3.05) is 24.2 Å². The van der Waals surface area contributed by atoms with Crippen molar-refractivity contribution in [3.63, 3.8) is 0 Å². The molecule has 0 aromatic heterocycles. The van der Waals surface area contributed by atoms with Crippen LogP contribution in [0.4, 0.5) is 15.8 Å². The van der Waals surface area contributed by atoms with Crippen LogP contribution >= 0.6 is 0 Å². The maximum absolute atomic E-state index is 13.2. The molecule has 0 amide bonds. The Hall–Kier alpha value is -1.25. The van der Waals surface area contributed by atoms with Gasteiger partial charge < -0.3 is 10.6 Å². The molecule has 12 heavy (non-hydrogen) atoms. The van der Waals surface area contributed by atoms with Crippen molar-refractivity contribution in [3.05, 3.63) is 23.5 Å². The quantitative estimate of drug-likeness (QED) is 0.665. The van der Waals surface area contributed by atoms with Gasteiger partial charge in [-0.3, -0.25) is 0 Å². The molecule has 1 aromatic rings. The van der Waals surface area contributed by atoms with Crippen LogP contribution in [0.2, 0.25) is 0 Å². The van der Waals surface area contributed by atoms with E-state index in [1.165, 1.54) is 6.07 Å². The van der Waals surface area contributed by atoms with E-state index in [0.29, 0.717) is 5.69 Å². The van der Waals surface area contributed by atoms with E-state index < -0.39 is 0 Å². The first-order chi connectivity index (χ1) is 5.81. The Morgan fingerprint density at radius 3 is 3.08 bits per heavy atom. The van der Waals surface area contributed by atoms with Crippen LogP contribution in [0.5, 0.6) is 0 Å². The molecule has 1 aliphatic heterocycles. The standard InChI is InChI=1S/C9H11FN2/c1-11-7-4-6-2-3-12-9(6)8(10)5-7/h4-5,11-12H,2-3H2,1H3. The lowest BCUT2D eigenvalue weighted by atomic mass is 10.1. The molecule has 1 aromatic carbocycles. The average Bonchev–Trinajstić information content (AvgIpc) is 2.52. The van der Waals surface area contributed by atoms with Crippen molar-refractivity contribution >= 4 is 11.4 Å². The first kappa shape index (κ1) is 7.40. The van der Waals surface area contributed by atoms with E-state index >= 15 is 0 Å². The highest BCUT2D eigenvalue weighted by atomic mass is 19.1. The van der Waals surface area contributed by atoms with E-state index in [0.717, 1.165) is 24.2 Å². The summed E-state index contributed by atoms with van der Waals surface area (Å²) in [5, 5.41) is 5.95. The lowest BCUT2D eigenvalue weighted by Gasteiger charge is -2.05. The molecule has 2 nitrogen and oxygen atoms in total. The van der Waals surface area contributed by atoms with Crippen LogP contribution in [0.1, 0.15) is 5.56 Å². The molecule has 0 fully saturated rings. The van der Waals surface area contributed by atoms with Crippen LogP contribution in [-0.4, -0.2) is 13.6 Å². The zero-order chi connectivity index (χ0) is 8.55. The predicted molar refractivity (Wildman–Crippen MR) is 48.1 cm³/mol. The van der Waals surface area contributed by atoms with Crippen molar-refractivity contribution in [2.24, 2.45) is 0 Å². The molecule has 3 heteroatoms. The van der Waals surface area contributed by atoms with E-state index in [-0.39, 0.29) is 5.82 Å². The van der Waals surface area contributed by atoms with Gasteiger partial charge in [0, 0.05) is 19.3 Å². The highest BCUT2D eigenvalue weighted by Gasteiger charge is 2.14. The lowest BCUT2D eigenvalue weighted by molar-refractivity contribution is 0.632. The first-order valence-electron chi connectivity index (χ1n) is 4.05. The van der Waals surface area contributed by atoms with Crippen molar-refractivity contribution < 1.29 is 4.39 Å². The molecule has 0 aliphatic carbocycles. The molecule has 64 valence electrons. The van der Waals surface area contributed by atoms with Crippen LogP contribution in [0.3, 0.4) is 0 Å². The molecule has 0 atom stereocenters. The molecule has 2 N–H and O–H groups in total. The maximum Gasteiger partial charge on any atom is 0.148 e. The number of halogens is 1. The minimum Gasteiger partial charge on any atom is -0.388 e. The SMILES string of the molecule is CNc1cc(F)c2c(c1)CCN2. The number of rotatable bonds is 1. The predicted octanol–water partition coefficient (Wildman–Crippen LogP) is 1.84. The Bertz CT molecular complexity index is 310. The Balaban J connectivity index is 2.51. The highest BCUT2D eigenvalue weighted by molar-refractivity contribution is 5.63. The third-order valence-corrected chi connectivity index (χ3v) is 2.16. The van der Waals surface area contributed by atoms with Crippen LogP contribution in [0.25, 0.3) is 0 Å². The van der Waals surface area contributed by atoms with Gasteiger partial charge in [-0.2, -0.15) is 0 Å². The number of anilines is 2.